The van der Waals surface area contributed by atoms with Crippen LogP contribution in [0, 0.1) is 5.82 Å². The van der Waals surface area contributed by atoms with E-state index in [2.05, 4.69) is 0 Å². The van der Waals surface area contributed by atoms with Gasteiger partial charge in [0, 0.05) is 5.56 Å². The first-order valence-electron chi connectivity index (χ1n) is 2.84. The van der Waals surface area contributed by atoms with E-state index in [0.29, 0.717) is 0 Å². The summed E-state index contributed by atoms with van der Waals surface area (Å²) in [5.41, 5.74) is -0.0700. The van der Waals surface area contributed by atoms with Gasteiger partial charge in [-0.3, -0.25) is 0 Å². The standard InChI is InChI=1S/C7H4Cl2F2/c8-5-1-4(3-10)7(11)2-6(5)9/h1-2H,3H2. The first kappa shape index (κ1) is 8.75. The number of alkyl halides is 1. The fourth-order valence-corrected chi connectivity index (χ4v) is 1.00. The summed E-state index contributed by atoms with van der Waals surface area (Å²) in [6.45, 7) is -0.872. The van der Waals surface area contributed by atoms with Gasteiger partial charge in [0.25, 0.3) is 0 Å². The smallest absolute Gasteiger partial charge is 0.130 e. The Kier molecular flexibility index (Phi) is 2.68. The van der Waals surface area contributed by atoms with Crippen LogP contribution in [-0.2, 0) is 6.67 Å². The molecule has 0 aliphatic carbocycles. The van der Waals surface area contributed by atoms with Crippen LogP contribution in [0.25, 0.3) is 0 Å². The van der Waals surface area contributed by atoms with E-state index in [-0.39, 0.29) is 15.6 Å². The van der Waals surface area contributed by atoms with Crippen LogP contribution in [0.4, 0.5) is 8.78 Å². The summed E-state index contributed by atoms with van der Waals surface area (Å²) in [7, 11) is 0. The predicted molar refractivity (Wildman–Crippen MR) is 41.2 cm³/mol. The summed E-state index contributed by atoms with van der Waals surface area (Å²) >= 11 is 10.9. The molecule has 1 aromatic carbocycles. The average Bonchev–Trinajstić information content (AvgIpc) is 1.97. The number of benzene rings is 1. The van der Waals surface area contributed by atoms with E-state index < -0.39 is 12.5 Å². The van der Waals surface area contributed by atoms with Gasteiger partial charge in [-0.2, -0.15) is 0 Å². The molecule has 0 fully saturated rings. The molecule has 0 saturated carbocycles. The molecule has 0 N–H and O–H groups in total. The van der Waals surface area contributed by atoms with Crippen molar-refractivity contribution < 1.29 is 8.78 Å². The summed E-state index contributed by atoms with van der Waals surface area (Å²) in [4.78, 5) is 0. The number of hydrogen-bond donors (Lipinski definition) is 0. The third kappa shape index (κ3) is 1.82. The van der Waals surface area contributed by atoms with Crippen molar-refractivity contribution in [3.8, 4) is 0 Å². The molecular weight excluding hydrogens is 193 g/mol. The molecule has 0 aliphatic heterocycles. The monoisotopic (exact) mass is 196 g/mol. The van der Waals surface area contributed by atoms with Gasteiger partial charge in [0.15, 0.2) is 0 Å². The van der Waals surface area contributed by atoms with Gasteiger partial charge in [0.1, 0.15) is 12.5 Å². The Labute approximate surface area is 72.7 Å². The van der Waals surface area contributed by atoms with Crippen LogP contribution in [0.5, 0.6) is 0 Å². The van der Waals surface area contributed by atoms with Gasteiger partial charge in [0.05, 0.1) is 10.0 Å². The van der Waals surface area contributed by atoms with E-state index in [4.69, 9.17) is 23.2 Å². The van der Waals surface area contributed by atoms with Crippen LogP contribution in [0.3, 0.4) is 0 Å². The van der Waals surface area contributed by atoms with E-state index in [0.717, 1.165) is 6.07 Å². The van der Waals surface area contributed by atoms with E-state index >= 15 is 0 Å². The van der Waals surface area contributed by atoms with E-state index in [9.17, 15) is 8.78 Å². The minimum atomic E-state index is -0.872. The highest BCUT2D eigenvalue weighted by Crippen LogP contribution is 2.25. The fourth-order valence-electron chi connectivity index (χ4n) is 0.666. The van der Waals surface area contributed by atoms with Crippen molar-refractivity contribution >= 4 is 23.2 Å². The van der Waals surface area contributed by atoms with Gasteiger partial charge in [-0.05, 0) is 12.1 Å². The third-order valence-electron chi connectivity index (χ3n) is 1.23. The highest BCUT2D eigenvalue weighted by Gasteiger charge is 2.05. The summed E-state index contributed by atoms with van der Waals surface area (Å²) in [5, 5.41) is 0.266. The molecule has 60 valence electrons. The summed E-state index contributed by atoms with van der Waals surface area (Å²) in [6, 6.07) is 2.18. The molecule has 0 saturated heterocycles. The Morgan fingerprint density at radius 3 is 2.27 bits per heavy atom. The Morgan fingerprint density at radius 1 is 1.18 bits per heavy atom. The van der Waals surface area contributed by atoms with Crippen molar-refractivity contribution in [2.24, 2.45) is 0 Å². The molecular formula is C7H4Cl2F2. The lowest BCUT2D eigenvalue weighted by atomic mass is 10.2. The maximum absolute atomic E-state index is 12.6. The number of rotatable bonds is 1. The summed E-state index contributed by atoms with van der Waals surface area (Å²) in [5.74, 6) is -0.665. The van der Waals surface area contributed by atoms with E-state index in [1.807, 2.05) is 0 Å². The lowest BCUT2D eigenvalue weighted by Gasteiger charge is -1.99. The van der Waals surface area contributed by atoms with Gasteiger partial charge >= 0.3 is 0 Å². The lowest BCUT2D eigenvalue weighted by Crippen LogP contribution is -1.86. The minimum Gasteiger partial charge on any atom is -0.246 e. The molecule has 0 heterocycles. The van der Waals surface area contributed by atoms with Crippen molar-refractivity contribution in [1.29, 1.82) is 0 Å². The van der Waals surface area contributed by atoms with Gasteiger partial charge in [-0.1, -0.05) is 23.2 Å². The van der Waals surface area contributed by atoms with Gasteiger partial charge < -0.3 is 0 Å². The van der Waals surface area contributed by atoms with Gasteiger partial charge in [-0.15, -0.1) is 0 Å². The van der Waals surface area contributed by atoms with Crippen LogP contribution in [0.1, 0.15) is 5.56 Å². The Balaban J connectivity index is 3.21. The lowest BCUT2D eigenvalue weighted by molar-refractivity contribution is 0.464. The molecule has 0 nitrogen and oxygen atoms in total. The molecule has 1 rings (SSSR count). The molecule has 11 heavy (non-hydrogen) atoms. The molecule has 0 unspecified atom stereocenters. The normalized spacial score (nSPS) is 10.2. The Morgan fingerprint density at radius 2 is 1.73 bits per heavy atom. The van der Waals surface area contributed by atoms with Crippen LogP contribution in [-0.4, -0.2) is 0 Å². The van der Waals surface area contributed by atoms with Crippen molar-refractivity contribution in [3.05, 3.63) is 33.6 Å². The molecule has 0 aromatic heterocycles. The summed E-state index contributed by atoms with van der Waals surface area (Å²) in [6.07, 6.45) is 0. The largest absolute Gasteiger partial charge is 0.246 e. The predicted octanol–water partition coefficient (Wildman–Crippen LogP) is 3.60. The van der Waals surface area contributed by atoms with Crippen molar-refractivity contribution in [1.82, 2.24) is 0 Å². The van der Waals surface area contributed by atoms with Crippen molar-refractivity contribution in [2.45, 2.75) is 6.67 Å². The molecule has 0 atom stereocenters. The summed E-state index contributed by atoms with van der Waals surface area (Å²) < 4.78 is 24.6. The van der Waals surface area contributed by atoms with Crippen LogP contribution >= 0.6 is 23.2 Å². The molecule has 0 bridgehead atoms. The maximum Gasteiger partial charge on any atom is 0.130 e. The quantitative estimate of drug-likeness (QED) is 0.603. The zero-order valence-electron chi connectivity index (χ0n) is 5.37. The van der Waals surface area contributed by atoms with Gasteiger partial charge in [-0.25, -0.2) is 8.78 Å². The molecule has 1 aromatic rings. The number of halogens is 4. The van der Waals surface area contributed by atoms with Crippen LogP contribution in [0.15, 0.2) is 12.1 Å². The Bertz CT molecular complexity index is 273. The highest BCUT2D eigenvalue weighted by atomic mass is 35.5. The topological polar surface area (TPSA) is 0 Å². The molecule has 0 spiro atoms. The molecule has 4 heteroatoms. The van der Waals surface area contributed by atoms with Crippen molar-refractivity contribution in [3.63, 3.8) is 0 Å². The minimum absolute atomic E-state index is 0.0700. The zero-order valence-corrected chi connectivity index (χ0v) is 6.89. The van der Waals surface area contributed by atoms with Crippen molar-refractivity contribution in [2.75, 3.05) is 0 Å². The SMILES string of the molecule is FCc1cc(Cl)c(Cl)cc1F. The maximum atomic E-state index is 12.6. The van der Waals surface area contributed by atoms with E-state index in [1.54, 1.807) is 0 Å². The number of hydrogen-bond acceptors (Lipinski definition) is 0. The third-order valence-corrected chi connectivity index (χ3v) is 1.96. The molecule has 0 amide bonds. The van der Waals surface area contributed by atoms with Crippen LogP contribution < -0.4 is 0 Å². The average molecular weight is 197 g/mol. The molecule has 0 aliphatic rings. The highest BCUT2D eigenvalue weighted by molar-refractivity contribution is 6.42. The van der Waals surface area contributed by atoms with Gasteiger partial charge in [0.2, 0.25) is 0 Å². The second-order valence-corrected chi connectivity index (χ2v) is 2.81. The first-order chi connectivity index (χ1) is 5.15. The molecule has 0 radical (unpaired) electrons. The second kappa shape index (κ2) is 3.37. The fraction of sp³-hybridized carbons (Fsp3) is 0.143. The Hall–Kier alpha value is -0.340. The van der Waals surface area contributed by atoms with E-state index in [1.165, 1.54) is 6.07 Å². The zero-order chi connectivity index (χ0) is 8.43. The first-order valence-corrected chi connectivity index (χ1v) is 3.60. The van der Waals surface area contributed by atoms with Crippen LogP contribution in [0.2, 0.25) is 10.0 Å². The second-order valence-electron chi connectivity index (χ2n) is 1.99.